The van der Waals surface area contributed by atoms with Gasteiger partial charge in [0.2, 0.25) is 5.95 Å². The van der Waals surface area contributed by atoms with Crippen molar-refractivity contribution in [2.75, 3.05) is 43.4 Å². The number of nitrogens with zero attached hydrogens (tertiary/aromatic N) is 7. The van der Waals surface area contributed by atoms with E-state index in [4.69, 9.17) is 9.97 Å². The van der Waals surface area contributed by atoms with Gasteiger partial charge in [-0.25, -0.2) is 19.3 Å². The van der Waals surface area contributed by atoms with Crippen LogP contribution in [0.15, 0.2) is 60.0 Å². The molecule has 7 rings (SSSR count). The number of fused-ring (bicyclic) bond motifs is 4. The second kappa shape index (κ2) is 8.50. The number of piperazine rings is 1. The maximum atomic E-state index is 13.3. The molecule has 0 amide bonds. The number of aliphatic hydroxyl groups is 1. The maximum Gasteiger partial charge on any atom is 0.278 e. The van der Waals surface area contributed by atoms with Crippen LogP contribution >= 0.6 is 0 Å². The van der Waals surface area contributed by atoms with E-state index < -0.39 is 5.60 Å². The molecule has 1 aromatic carbocycles. The van der Waals surface area contributed by atoms with Crippen molar-refractivity contribution >= 4 is 28.4 Å². The third-order valence-electron chi connectivity index (χ3n) is 8.10. The Balaban J connectivity index is 1.24. The predicted molar refractivity (Wildman–Crippen MR) is 146 cm³/mol. The Morgan fingerprint density at radius 2 is 1.92 bits per heavy atom. The molecular weight excluding hydrogens is 480 g/mol. The highest BCUT2D eigenvalue weighted by Crippen LogP contribution is 2.59. The van der Waals surface area contributed by atoms with E-state index in [1.807, 2.05) is 24.3 Å². The Morgan fingerprint density at radius 1 is 1.13 bits per heavy atom. The number of hydrogen-bond donors (Lipinski definition) is 2. The van der Waals surface area contributed by atoms with Gasteiger partial charge in [0.15, 0.2) is 11.5 Å². The minimum absolute atomic E-state index is 0.215. The van der Waals surface area contributed by atoms with E-state index in [9.17, 15) is 9.90 Å². The van der Waals surface area contributed by atoms with Crippen LogP contribution in [0.4, 0.5) is 17.3 Å². The summed E-state index contributed by atoms with van der Waals surface area (Å²) in [6, 6.07) is 12.1. The molecule has 1 saturated carbocycles. The summed E-state index contributed by atoms with van der Waals surface area (Å²) in [7, 11) is 2.15. The molecule has 2 N–H and O–H groups in total. The number of anilines is 3. The molecule has 1 saturated heterocycles. The van der Waals surface area contributed by atoms with E-state index in [1.165, 1.54) is 5.69 Å². The van der Waals surface area contributed by atoms with Crippen molar-refractivity contribution in [3.8, 4) is 5.82 Å². The second-order valence-corrected chi connectivity index (χ2v) is 10.6. The number of rotatable bonds is 6. The first-order valence-corrected chi connectivity index (χ1v) is 13.1. The Labute approximate surface area is 219 Å². The van der Waals surface area contributed by atoms with Crippen LogP contribution in [0.2, 0.25) is 0 Å². The smallest absolute Gasteiger partial charge is 0.278 e. The summed E-state index contributed by atoms with van der Waals surface area (Å²) in [6.07, 6.45) is 4.81. The van der Waals surface area contributed by atoms with Crippen molar-refractivity contribution < 1.29 is 5.11 Å². The minimum Gasteiger partial charge on any atom is -0.383 e. The van der Waals surface area contributed by atoms with E-state index in [0.29, 0.717) is 28.5 Å². The summed E-state index contributed by atoms with van der Waals surface area (Å²) in [4.78, 5) is 32.0. The largest absolute Gasteiger partial charge is 0.383 e. The van der Waals surface area contributed by atoms with Crippen LogP contribution in [-0.4, -0.2) is 67.5 Å². The normalized spacial score (nSPS) is 22.4. The first kappa shape index (κ1) is 23.1. The van der Waals surface area contributed by atoms with Gasteiger partial charge in [-0.3, -0.25) is 4.79 Å². The number of allylic oxidation sites excluding steroid dienone is 1. The zero-order chi connectivity index (χ0) is 26.0. The van der Waals surface area contributed by atoms with Crippen LogP contribution in [-0.2, 0) is 18.6 Å². The fourth-order valence-corrected chi connectivity index (χ4v) is 5.81. The van der Waals surface area contributed by atoms with Gasteiger partial charge in [0.25, 0.3) is 5.56 Å². The molecule has 38 heavy (non-hydrogen) atoms. The van der Waals surface area contributed by atoms with Crippen molar-refractivity contribution in [1.29, 1.82) is 0 Å². The van der Waals surface area contributed by atoms with E-state index in [0.717, 1.165) is 50.3 Å². The predicted octanol–water partition coefficient (Wildman–Crippen LogP) is 2.42. The van der Waals surface area contributed by atoms with Gasteiger partial charge >= 0.3 is 0 Å². The van der Waals surface area contributed by atoms with Crippen LogP contribution < -0.4 is 15.8 Å². The Hall–Kier alpha value is -4.02. The molecule has 2 fully saturated rings. The van der Waals surface area contributed by atoms with Crippen LogP contribution in [0.25, 0.3) is 16.9 Å². The summed E-state index contributed by atoms with van der Waals surface area (Å²) in [5, 5.41) is 14.6. The van der Waals surface area contributed by atoms with Gasteiger partial charge in [-0.05, 0) is 55.8 Å². The molecule has 0 spiro atoms. The summed E-state index contributed by atoms with van der Waals surface area (Å²) >= 11 is 0. The molecule has 0 bridgehead atoms. The Morgan fingerprint density at radius 3 is 2.68 bits per heavy atom. The molecule has 4 heterocycles. The van der Waals surface area contributed by atoms with Crippen molar-refractivity contribution in [2.45, 2.75) is 25.0 Å². The van der Waals surface area contributed by atoms with Gasteiger partial charge < -0.3 is 20.2 Å². The first-order valence-electron chi connectivity index (χ1n) is 13.1. The summed E-state index contributed by atoms with van der Waals surface area (Å²) < 4.78 is 3.26. The average Bonchev–Trinajstić information content (AvgIpc) is 3.39. The topological polar surface area (TPSA) is 104 Å². The molecule has 2 unspecified atom stereocenters. The van der Waals surface area contributed by atoms with Crippen molar-refractivity contribution in [1.82, 2.24) is 29.2 Å². The zero-order valence-corrected chi connectivity index (χ0v) is 21.3. The Kier molecular flexibility index (Phi) is 5.17. The molecule has 0 radical (unpaired) electrons. The van der Waals surface area contributed by atoms with Crippen LogP contribution in [0.3, 0.4) is 0 Å². The van der Waals surface area contributed by atoms with Crippen molar-refractivity contribution in [3.05, 3.63) is 76.9 Å². The fourth-order valence-electron chi connectivity index (χ4n) is 5.81. The number of pyridine rings is 1. The third-order valence-corrected chi connectivity index (χ3v) is 8.10. The number of likely N-dealkylation sites (N-methyl/N-ethyl adjacent to an activating group) is 1. The molecule has 4 aromatic rings. The fraction of sp³-hybridized carbons (Fsp3) is 0.357. The van der Waals surface area contributed by atoms with Gasteiger partial charge in [0.1, 0.15) is 11.0 Å². The van der Waals surface area contributed by atoms with E-state index in [2.05, 4.69) is 45.9 Å². The lowest BCUT2D eigenvalue weighted by molar-refractivity contribution is 0.136. The second-order valence-electron chi connectivity index (χ2n) is 10.6. The molecule has 10 heteroatoms. The van der Waals surface area contributed by atoms with Crippen LogP contribution in [0.1, 0.15) is 17.7 Å². The molecule has 2 atom stereocenters. The number of hydrogen-bond acceptors (Lipinski definition) is 8. The third kappa shape index (κ3) is 3.63. The van der Waals surface area contributed by atoms with Gasteiger partial charge in [0.05, 0.1) is 12.2 Å². The molecule has 1 aliphatic heterocycles. The lowest BCUT2D eigenvalue weighted by Gasteiger charge is -2.34. The monoisotopic (exact) mass is 510 g/mol. The van der Waals surface area contributed by atoms with Gasteiger partial charge in [-0.1, -0.05) is 12.1 Å². The standard InChI is InChI=1S/C28H30N8O2/c1-3-10-35-26(37)22-17-29-27(30-20-5-7-21(8-6-20)34-13-11-33(2)12-14-34)32-25(22)36(35)23-9-4-18-15-19-16-28(19,38)24(18)31-23/h3-9,17,19,38H,1,10-16H2,2H3,(H,29,30,32). The Bertz CT molecular complexity index is 1620. The maximum absolute atomic E-state index is 13.3. The molecule has 3 aliphatic rings. The number of benzene rings is 1. The van der Waals surface area contributed by atoms with Gasteiger partial charge in [-0.15, -0.1) is 6.58 Å². The van der Waals surface area contributed by atoms with Gasteiger partial charge in [0, 0.05) is 49.7 Å². The quantitative estimate of drug-likeness (QED) is 0.381. The highest BCUT2D eigenvalue weighted by Gasteiger charge is 2.60. The number of aromatic nitrogens is 5. The van der Waals surface area contributed by atoms with Crippen LogP contribution in [0, 0.1) is 5.92 Å². The molecule has 10 nitrogen and oxygen atoms in total. The van der Waals surface area contributed by atoms with Crippen molar-refractivity contribution in [2.24, 2.45) is 5.92 Å². The van der Waals surface area contributed by atoms with Crippen LogP contribution in [0.5, 0.6) is 0 Å². The zero-order valence-electron chi connectivity index (χ0n) is 21.3. The summed E-state index contributed by atoms with van der Waals surface area (Å²) in [5.41, 5.74) is 3.24. The average molecular weight is 511 g/mol. The van der Waals surface area contributed by atoms with E-state index >= 15 is 0 Å². The molecular formula is C28H30N8O2. The highest BCUT2D eigenvalue weighted by molar-refractivity contribution is 5.77. The summed E-state index contributed by atoms with van der Waals surface area (Å²) in [5.74, 6) is 1.18. The first-order chi connectivity index (χ1) is 18.4. The number of nitrogens with one attached hydrogen (secondary N) is 1. The molecule has 3 aromatic heterocycles. The molecule has 2 aliphatic carbocycles. The lowest BCUT2D eigenvalue weighted by Crippen LogP contribution is -2.44. The van der Waals surface area contributed by atoms with Gasteiger partial charge in [-0.2, -0.15) is 4.98 Å². The summed E-state index contributed by atoms with van der Waals surface area (Å²) in [6.45, 7) is 8.24. The van der Waals surface area contributed by atoms with Crippen molar-refractivity contribution in [3.63, 3.8) is 0 Å². The lowest BCUT2D eigenvalue weighted by atomic mass is 10.1. The minimum atomic E-state index is -0.837. The molecule has 194 valence electrons. The highest BCUT2D eigenvalue weighted by atomic mass is 16.3. The SMILES string of the molecule is C=CCn1c(=O)c2cnc(Nc3ccc(N4CCN(C)CC4)cc3)nc2n1-c1ccc2c(n1)C1(O)CC1C2. The van der Waals surface area contributed by atoms with E-state index in [-0.39, 0.29) is 18.0 Å². The van der Waals surface area contributed by atoms with E-state index in [1.54, 1.807) is 21.6 Å².